The van der Waals surface area contributed by atoms with Crippen LogP contribution in [0.5, 0.6) is 0 Å². The normalized spacial score (nSPS) is 21.6. The second kappa shape index (κ2) is 6.40. The lowest BCUT2D eigenvalue weighted by Crippen LogP contribution is -2.35. The maximum Gasteiger partial charge on any atom is 0.319 e. The van der Waals surface area contributed by atoms with Gasteiger partial charge in [-0.3, -0.25) is 10.1 Å². The van der Waals surface area contributed by atoms with E-state index in [2.05, 4.69) is 34.0 Å². The highest BCUT2D eigenvalue weighted by Gasteiger charge is 2.15. The zero-order valence-electron chi connectivity index (χ0n) is 8.38. The summed E-state index contributed by atoms with van der Waals surface area (Å²) in [6, 6.07) is 0.355. The van der Waals surface area contributed by atoms with Gasteiger partial charge in [0.1, 0.15) is 0 Å². The molecule has 0 amide bonds. The molecule has 0 heterocycles. The first-order chi connectivity index (χ1) is 6.74. The highest BCUT2D eigenvalue weighted by molar-refractivity contribution is 14.1. The first-order valence-corrected chi connectivity index (χ1v) is 6.06. The van der Waals surface area contributed by atoms with E-state index in [9.17, 15) is 4.79 Å². The number of halogens is 1. The molecule has 1 N–H and O–H groups in total. The summed E-state index contributed by atoms with van der Waals surface area (Å²) in [6.45, 7) is 2.60. The van der Waals surface area contributed by atoms with E-state index in [4.69, 9.17) is 4.74 Å². The molecule has 0 aliphatic heterocycles. The predicted octanol–water partition coefficient (Wildman–Crippen LogP) is 2.01. The van der Waals surface area contributed by atoms with Crippen LogP contribution < -0.4 is 5.32 Å². The quantitative estimate of drug-likeness (QED) is 0.638. The largest absolute Gasteiger partial charge is 0.465 e. The van der Waals surface area contributed by atoms with Gasteiger partial charge in [0, 0.05) is 9.62 Å². The first-order valence-electron chi connectivity index (χ1n) is 4.98. The zero-order valence-corrected chi connectivity index (χ0v) is 10.5. The molecule has 0 aromatic rings. The molecule has 14 heavy (non-hydrogen) atoms. The van der Waals surface area contributed by atoms with Crippen molar-refractivity contribution in [3.05, 3.63) is 9.66 Å². The average molecular weight is 309 g/mol. The smallest absolute Gasteiger partial charge is 0.319 e. The number of allylic oxidation sites excluding steroid dienone is 1. The summed E-state index contributed by atoms with van der Waals surface area (Å²) in [7, 11) is 0. The molecular formula is C10H16INO2. The Hall–Kier alpha value is -0.100. The monoisotopic (exact) mass is 309 g/mol. The van der Waals surface area contributed by atoms with Crippen LogP contribution in [-0.4, -0.2) is 25.2 Å². The molecule has 1 rings (SSSR count). The first kappa shape index (κ1) is 12.0. The fraction of sp³-hybridized carbons (Fsp3) is 0.700. The molecule has 1 aliphatic rings. The Kier molecular flexibility index (Phi) is 5.47. The molecule has 0 bridgehead atoms. The van der Waals surface area contributed by atoms with Crippen molar-refractivity contribution in [2.24, 2.45) is 0 Å². The highest BCUT2D eigenvalue weighted by Crippen LogP contribution is 2.23. The van der Waals surface area contributed by atoms with Crippen LogP contribution >= 0.6 is 22.6 Å². The predicted molar refractivity (Wildman–Crippen MR) is 64.4 cm³/mol. The molecule has 4 heteroatoms. The van der Waals surface area contributed by atoms with E-state index in [1.807, 2.05) is 6.92 Å². The summed E-state index contributed by atoms with van der Waals surface area (Å²) in [6.07, 6.45) is 5.71. The third kappa shape index (κ3) is 3.96. The molecule has 0 spiro atoms. The number of esters is 1. The minimum Gasteiger partial charge on any atom is -0.465 e. The van der Waals surface area contributed by atoms with Gasteiger partial charge in [-0.2, -0.15) is 0 Å². The van der Waals surface area contributed by atoms with E-state index in [1.165, 1.54) is 10.0 Å². The van der Waals surface area contributed by atoms with Crippen LogP contribution in [0.1, 0.15) is 26.2 Å². The van der Waals surface area contributed by atoms with Gasteiger partial charge in [-0.25, -0.2) is 0 Å². The molecule has 0 saturated heterocycles. The Morgan fingerprint density at radius 2 is 2.57 bits per heavy atom. The molecule has 1 unspecified atom stereocenters. The van der Waals surface area contributed by atoms with Gasteiger partial charge in [-0.15, -0.1) is 0 Å². The van der Waals surface area contributed by atoms with E-state index in [0.717, 1.165) is 12.8 Å². The molecule has 0 radical (unpaired) electrons. The minimum atomic E-state index is -0.165. The van der Waals surface area contributed by atoms with Gasteiger partial charge in [0.25, 0.3) is 0 Å². The molecule has 0 fully saturated rings. The molecule has 1 atom stereocenters. The van der Waals surface area contributed by atoms with Gasteiger partial charge in [0.15, 0.2) is 0 Å². The topological polar surface area (TPSA) is 38.3 Å². The summed E-state index contributed by atoms with van der Waals surface area (Å²) in [5.41, 5.74) is 0. The fourth-order valence-electron chi connectivity index (χ4n) is 1.46. The highest BCUT2D eigenvalue weighted by atomic mass is 127. The van der Waals surface area contributed by atoms with Gasteiger partial charge < -0.3 is 4.74 Å². The van der Waals surface area contributed by atoms with Crippen LogP contribution in [0.25, 0.3) is 0 Å². The molecule has 1 aliphatic carbocycles. The van der Waals surface area contributed by atoms with Gasteiger partial charge in [-0.05, 0) is 48.8 Å². The zero-order chi connectivity index (χ0) is 10.4. The van der Waals surface area contributed by atoms with Gasteiger partial charge in [0.05, 0.1) is 13.2 Å². The number of hydrogen-bond acceptors (Lipinski definition) is 3. The van der Waals surface area contributed by atoms with E-state index in [-0.39, 0.29) is 5.97 Å². The number of nitrogens with one attached hydrogen (secondary N) is 1. The van der Waals surface area contributed by atoms with Crippen LogP contribution in [0.2, 0.25) is 0 Å². The fourth-order valence-corrected chi connectivity index (χ4v) is 2.30. The number of rotatable bonds is 4. The van der Waals surface area contributed by atoms with Crippen molar-refractivity contribution < 1.29 is 9.53 Å². The van der Waals surface area contributed by atoms with Crippen LogP contribution in [0.3, 0.4) is 0 Å². The van der Waals surface area contributed by atoms with Crippen molar-refractivity contribution in [3.8, 4) is 0 Å². The summed E-state index contributed by atoms with van der Waals surface area (Å²) in [5, 5.41) is 3.21. The third-order valence-electron chi connectivity index (χ3n) is 2.17. The van der Waals surface area contributed by atoms with Crippen molar-refractivity contribution in [1.29, 1.82) is 0 Å². The molecule has 0 saturated carbocycles. The van der Waals surface area contributed by atoms with Crippen molar-refractivity contribution in [2.75, 3.05) is 13.2 Å². The van der Waals surface area contributed by atoms with Gasteiger partial charge >= 0.3 is 5.97 Å². The Bertz CT molecular complexity index is 228. The van der Waals surface area contributed by atoms with E-state index >= 15 is 0 Å². The summed E-state index contributed by atoms with van der Waals surface area (Å²) in [4.78, 5) is 11.1. The van der Waals surface area contributed by atoms with E-state index < -0.39 is 0 Å². The third-order valence-corrected chi connectivity index (χ3v) is 3.36. The van der Waals surface area contributed by atoms with E-state index in [0.29, 0.717) is 19.2 Å². The molecular weight excluding hydrogens is 293 g/mol. The molecule has 3 nitrogen and oxygen atoms in total. The van der Waals surface area contributed by atoms with Crippen molar-refractivity contribution in [2.45, 2.75) is 32.2 Å². The number of hydrogen-bond donors (Lipinski definition) is 1. The Labute approximate surface area is 98.4 Å². The van der Waals surface area contributed by atoms with Crippen molar-refractivity contribution in [1.82, 2.24) is 5.32 Å². The van der Waals surface area contributed by atoms with Crippen molar-refractivity contribution >= 4 is 28.6 Å². The Balaban J connectivity index is 2.26. The molecule has 0 aromatic carbocycles. The number of carbonyl (C=O) groups excluding carboxylic acids is 1. The van der Waals surface area contributed by atoms with Gasteiger partial charge in [0.2, 0.25) is 0 Å². The van der Waals surface area contributed by atoms with Gasteiger partial charge in [-0.1, -0.05) is 6.08 Å². The maximum atomic E-state index is 11.1. The summed E-state index contributed by atoms with van der Waals surface area (Å²) >= 11 is 2.33. The number of carbonyl (C=O) groups is 1. The van der Waals surface area contributed by atoms with Crippen LogP contribution in [0.4, 0.5) is 0 Å². The SMILES string of the molecule is CCOC(=O)CNC1CCCC=C1I. The lowest BCUT2D eigenvalue weighted by molar-refractivity contribution is -0.142. The van der Waals surface area contributed by atoms with Crippen LogP contribution in [0.15, 0.2) is 9.66 Å². The summed E-state index contributed by atoms with van der Waals surface area (Å²) < 4.78 is 6.16. The second-order valence-electron chi connectivity index (χ2n) is 3.26. The number of ether oxygens (including phenoxy) is 1. The lowest BCUT2D eigenvalue weighted by Gasteiger charge is -2.21. The molecule has 80 valence electrons. The lowest BCUT2D eigenvalue weighted by atomic mass is 10.0. The van der Waals surface area contributed by atoms with Crippen LogP contribution in [0, 0.1) is 0 Å². The molecule has 0 aromatic heterocycles. The Morgan fingerprint density at radius 3 is 3.21 bits per heavy atom. The standard InChI is InChI=1S/C10H16INO2/c1-2-14-10(13)7-12-9-6-4-3-5-8(9)11/h5,9,12H,2-4,6-7H2,1H3. The average Bonchev–Trinajstić information content (AvgIpc) is 2.17. The van der Waals surface area contributed by atoms with E-state index in [1.54, 1.807) is 0 Å². The maximum absolute atomic E-state index is 11.1. The minimum absolute atomic E-state index is 0.165. The van der Waals surface area contributed by atoms with Crippen LogP contribution in [-0.2, 0) is 9.53 Å². The van der Waals surface area contributed by atoms with Crippen molar-refractivity contribution in [3.63, 3.8) is 0 Å². The summed E-state index contributed by atoms with van der Waals surface area (Å²) in [5.74, 6) is -0.165. The second-order valence-corrected chi connectivity index (χ2v) is 4.50. The Morgan fingerprint density at radius 1 is 1.79 bits per heavy atom.